The maximum Gasteiger partial charge on any atom is 0.0791 e. The fourth-order valence-corrected chi connectivity index (χ4v) is 4.49. The van der Waals surface area contributed by atoms with Crippen LogP contribution in [0.2, 0.25) is 35.2 Å². The molecule has 0 saturated heterocycles. The molecule has 20 heavy (non-hydrogen) atoms. The third-order valence-corrected chi connectivity index (χ3v) is 6.33. The van der Waals surface area contributed by atoms with Gasteiger partial charge in [-0.25, -0.2) is 0 Å². The van der Waals surface area contributed by atoms with Gasteiger partial charge in [0.15, 0.2) is 0 Å². The lowest BCUT2D eigenvalue weighted by molar-refractivity contribution is 1.40. The Morgan fingerprint density at radius 2 is 1.05 bits per heavy atom. The average molecular weight is 427 g/mol. The summed E-state index contributed by atoms with van der Waals surface area (Å²) in [4.78, 5) is 1.11. The van der Waals surface area contributed by atoms with Crippen LogP contribution in [0.5, 0.6) is 0 Å². The zero-order valence-electron chi connectivity index (χ0n) is 9.29. The van der Waals surface area contributed by atoms with E-state index in [-0.39, 0.29) is 15.1 Å². The molecule has 0 amide bonds. The van der Waals surface area contributed by atoms with Crippen molar-refractivity contribution in [3.8, 4) is 0 Å². The summed E-state index contributed by atoms with van der Waals surface area (Å²) in [6.07, 6.45) is 0. The fraction of sp³-hybridized carbons (Fsp3) is 0. The molecule has 0 aliphatic rings. The first-order valence-electron chi connectivity index (χ1n) is 4.96. The van der Waals surface area contributed by atoms with E-state index in [9.17, 15) is 0 Å². The molecule has 0 radical (unpaired) electrons. The molecule has 0 bridgehead atoms. The number of halogens is 7. The summed E-state index contributed by atoms with van der Waals surface area (Å²) in [6, 6.07) is 4.67. The first-order valence-corrected chi connectivity index (χ1v) is 8.43. The van der Waals surface area contributed by atoms with E-state index in [0.29, 0.717) is 29.9 Å². The summed E-state index contributed by atoms with van der Waals surface area (Å²) >= 11 is 43.5. The van der Waals surface area contributed by atoms with Crippen LogP contribution < -0.4 is 0 Å². The second kappa shape index (κ2) is 6.93. The van der Waals surface area contributed by atoms with Crippen molar-refractivity contribution in [2.45, 2.75) is 9.79 Å². The predicted octanol–water partition coefficient (Wildman–Crippen LogP) is 8.41. The molecular formula is C12H3Cl7S. The van der Waals surface area contributed by atoms with E-state index in [1.165, 1.54) is 17.8 Å². The Bertz CT molecular complexity index is 661. The van der Waals surface area contributed by atoms with Crippen LogP contribution in [0.1, 0.15) is 0 Å². The molecule has 0 fully saturated rings. The second-order valence-corrected chi connectivity index (χ2v) is 7.44. The second-order valence-electron chi connectivity index (χ2n) is 3.60. The molecule has 2 aromatic rings. The Kier molecular flexibility index (Phi) is 5.96. The van der Waals surface area contributed by atoms with Crippen molar-refractivity contribution >= 4 is 93.0 Å². The zero-order chi connectivity index (χ0) is 15.0. The van der Waals surface area contributed by atoms with Crippen molar-refractivity contribution < 1.29 is 0 Å². The van der Waals surface area contributed by atoms with Gasteiger partial charge in [-0.2, -0.15) is 0 Å². The van der Waals surface area contributed by atoms with Crippen molar-refractivity contribution in [3.05, 3.63) is 53.4 Å². The van der Waals surface area contributed by atoms with Gasteiger partial charge in [-0.15, -0.1) is 0 Å². The molecule has 8 heteroatoms. The maximum atomic E-state index is 6.16. The first kappa shape index (κ1) is 17.2. The van der Waals surface area contributed by atoms with Crippen LogP contribution in [0.3, 0.4) is 0 Å². The lowest BCUT2D eigenvalue weighted by Gasteiger charge is -2.12. The van der Waals surface area contributed by atoms with E-state index < -0.39 is 0 Å². The number of hydrogen-bond donors (Lipinski definition) is 0. The van der Waals surface area contributed by atoms with E-state index in [4.69, 9.17) is 81.2 Å². The maximum absolute atomic E-state index is 6.16. The van der Waals surface area contributed by atoms with E-state index in [0.717, 1.165) is 0 Å². The number of rotatable bonds is 2. The van der Waals surface area contributed by atoms with Crippen molar-refractivity contribution in [2.75, 3.05) is 0 Å². The van der Waals surface area contributed by atoms with E-state index in [1.807, 2.05) is 0 Å². The average Bonchev–Trinajstić information content (AvgIpc) is 2.34. The molecule has 0 aromatic heterocycles. The molecule has 0 atom stereocenters. The molecule has 0 spiro atoms. The van der Waals surface area contributed by atoms with Crippen LogP contribution in [-0.2, 0) is 0 Å². The topological polar surface area (TPSA) is 0 Å². The Labute approximate surface area is 155 Å². The Morgan fingerprint density at radius 3 is 1.60 bits per heavy atom. The lowest BCUT2D eigenvalue weighted by Crippen LogP contribution is -1.84. The lowest BCUT2D eigenvalue weighted by atomic mass is 10.3. The molecule has 0 heterocycles. The van der Waals surface area contributed by atoms with Crippen LogP contribution in [-0.4, -0.2) is 0 Å². The van der Waals surface area contributed by atoms with Crippen LogP contribution in [0.4, 0.5) is 0 Å². The van der Waals surface area contributed by atoms with Gasteiger partial charge in [0.05, 0.1) is 35.0 Å². The third-order valence-electron chi connectivity index (χ3n) is 2.24. The largest absolute Gasteiger partial charge is 0.0842 e. The molecule has 0 nitrogen and oxygen atoms in total. The van der Waals surface area contributed by atoms with Gasteiger partial charge < -0.3 is 0 Å². The van der Waals surface area contributed by atoms with Gasteiger partial charge in [-0.3, -0.25) is 0 Å². The fourth-order valence-electron chi connectivity index (χ4n) is 1.37. The minimum atomic E-state index is 0.224. The van der Waals surface area contributed by atoms with E-state index >= 15 is 0 Å². The van der Waals surface area contributed by atoms with Gasteiger partial charge in [0.2, 0.25) is 0 Å². The highest BCUT2D eigenvalue weighted by molar-refractivity contribution is 7.99. The smallest absolute Gasteiger partial charge is 0.0791 e. The summed E-state index contributed by atoms with van der Waals surface area (Å²) in [5, 5.41) is 2.33. The molecule has 106 valence electrons. The Morgan fingerprint density at radius 1 is 0.550 bits per heavy atom. The van der Waals surface area contributed by atoms with Crippen molar-refractivity contribution in [2.24, 2.45) is 0 Å². The summed E-state index contributed by atoms with van der Waals surface area (Å²) in [7, 11) is 0. The van der Waals surface area contributed by atoms with Gasteiger partial charge in [0.25, 0.3) is 0 Å². The Hall–Kier alpha value is 0.820. The summed E-state index contributed by atoms with van der Waals surface area (Å²) in [5.74, 6) is 0. The molecule has 2 aromatic carbocycles. The predicted molar refractivity (Wildman–Crippen MR) is 92.1 cm³/mol. The molecule has 0 unspecified atom stereocenters. The molecule has 0 aliphatic carbocycles. The quantitative estimate of drug-likeness (QED) is 0.342. The Balaban J connectivity index is 2.54. The molecule has 0 N–H and O–H groups in total. The number of benzene rings is 2. The van der Waals surface area contributed by atoms with Crippen LogP contribution in [0.25, 0.3) is 0 Å². The third kappa shape index (κ3) is 3.59. The van der Waals surface area contributed by atoms with Crippen molar-refractivity contribution in [1.82, 2.24) is 0 Å². The van der Waals surface area contributed by atoms with Crippen LogP contribution in [0.15, 0.2) is 28.0 Å². The number of hydrogen-bond acceptors (Lipinski definition) is 1. The molecule has 2 rings (SSSR count). The summed E-state index contributed by atoms with van der Waals surface area (Å²) in [5.41, 5.74) is 0. The van der Waals surface area contributed by atoms with Gasteiger partial charge in [-0.05, 0) is 18.2 Å². The zero-order valence-corrected chi connectivity index (χ0v) is 15.4. The molecule has 0 aliphatic heterocycles. The van der Waals surface area contributed by atoms with Crippen LogP contribution in [0, 0.1) is 0 Å². The molecular weight excluding hydrogens is 424 g/mol. The summed E-state index contributed by atoms with van der Waals surface area (Å²) < 4.78 is 0. The monoisotopic (exact) mass is 424 g/mol. The highest BCUT2D eigenvalue weighted by Gasteiger charge is 2.18. The highest BCUT2D eigenvalue weighted by atomic mass is 35.5. The standard InChI is InChI=1S/C12H3Cl7S/c13-4-1-6(15)11(7(16)2-4)20-12-8(17)3-5(14)9(18)10(12)19/h1-3H. The van der Waals surface area contributed by atoms with Gasteiger partial charge >= 0.3 is 0 Å². The molecule has 0 saturated carbocycles. The van der Waals surface area contributed by atoms with Crippen molar-refractivity contribution in [3.63, 3.8) is 0 Å². The highest BCUT2D eigenvalue weighted by Crippen LogP contribution is 2.48. The van der Waals surface area contributed by atoms with E-state index in [2.05, 4.69) is 0 Å². The SMILES string of the molecule is Clc1cc(Cl)c(Sc2c(Cl)cc(Cl)c(Cl)c2Cl)c(Cl)c1. The summed E-state index contributed by atoms with van der Waals surface area (Å²) in [6.45, 7) is 0. The minimum Gasteiger partial charge on any atom is -0.0842 e. The van der Waals surface area contributed by atoms with E-state index in [1.54, 1.807) is 12.1 Å². The van der Waals surface area contributed by atoms with Crippen LogP contribution >= 0.6 is 93.0 Å². The minimum absolute atomic E-state index is 0.224. The normalized spacial score (nSPS) is 10.9. The first-order chi connectivity index (χ1) is 9.31. The van der Waals surface area contributed by atoms with Gasteiger partial charge in [0, 0.05) is 9.92 Å². The van der Waals surface area contributed by atoms with Gasteiger partial charge in [-0.1, -0.05) is 93.0 Å². The van der Waals surface area contributed by atoms with Crippen molar-refractivity contribution in [1.29, 1.82) is 0 Å². The van der Waals surface area contributed by atoms with Gasteiger partial charge in [0.1, 0.15) is 0 Å².